The van der Waals surface area contributed by atoms with E-state index in [-0.39, 0.29) is 27.9 Å². The number of benzene rings is 1. The van der Waals surface area contributed by atoms with Crippen molar-refractivity contribution < 1.29 is 13.2 Å². The summed E-state index contributed by atoms with van der Waals surface area (Å²) in [6.45, 7) is 9.25. The first-order valence-electron chi connectivity index (χ1n) is 11.0. The minimum absolute atomic E-state index is 0.0957. The molecule has 1 amide bonds. The summed E-state index contributed by atoms with van der Waals surface area (Å²) >= 11 is 5.92. The fraction of sp³-hybridized carbons (Fsp3) is 0.500. The van der Waals surface area contributed by atoms with Gasteiger partial charge >= 0.3 is 0 Å². The van der Waals surface area contributed by atoms with E-state index in [1.54, 1.807) is 23.1 Å². The van der Waals surface area contributed by atoms with Crippen LogP contribution in [-0.2, 0) is 20.2 Å². The Bertz CT molecular complexity index is 1030. The SMILES string of the molecule is CCCN(CC1CC1)C(=O)CN(c1ccc(Cl)nc1)S(=O)(=O)c1ccc(C(C)(C)C)cc1. The maximum absolute atomic E-state index is 13.6. The third-order valence-corrected chi connectivity index (χ3v) is 7.62. The highest BCUT2D eigenvalue weighted by molar-refractivity contribution is 7.92. The molecule has 1 aliphatic rings. The van der Waals surface area contributed by atoms with Crippen molar-refractivity contribution in [3.63, 3.8) is 0 Å². The number of hydrogen-bond donors (Lipinski definition) is 0. The van der Waals surface area contributed by atoms with Crippen LogP contribution in [0.1, 0.15) is 52.5 Å². The molecule has 0 aliphatic heterocycles. The number of aromatic nitrogens is 1. The fourth-order valence-electron chi connectivity index (χ4n) is 3.51. The van der Waals surface area contributed by atoms with Gasteiger partial charge in [-0.25, -0.2) is 13.4 Å². The number of nitrogens with zero attached hydrogens (tertiary/aromatic N) is 3. The number of pyridine rings is 1. The maximum Gasteiger partial charge on any atom is 0.264 e. The van der Waals surface area contributed by atoms with Gasteiger partial charge in [-0.1, -0.05) is 51.4 Å². The van der Waals surface area contributed by atoms with Crippen molar-refractivity contribution in [3.8, 4) is 0 Å². The number of rotatable bonds is 9. The van der Waals surface area contributed by atoms with Gasteiger partial charge in [-0.05, 0) is 60.4 Å². The van der Waals surface area contributed by atoms with Gasteiger partial charge in [-0.2, -0.15) is 0 Å². The number of amides is 1. The molecule has 1 aromatic carbocycles. The van der Waals surface area contributed by atoms with Crippen LogP contribution in [0, 0.1) is 5.92 Å². The average Bonchev–Trinajstić information content (AvgIpc) is 3.56. The maximum atomic E-state index is 13.6. The Morgan fingerprint density at radius 1 is 1.12 bits per heavy atom. The van der Waals surface area contributed by atoms with Crippen molar-refractivity contribution in [3.05, 3.63) is 53.3 Å². The summed E-state index contributed by atoms with van der Waals surface area (Å²) in [5.41, 5.74) is 1.25. The molecule has 1 aromatic heterocycles. The van der Waals surface area contributed by atoms with Crippen molar-refractivity contribution in [2.45, 2.75) is 57.3 Å². The number of sulfonamides is 1. The minimum atomic E-state index is -3.98. The van der Waals surface area contributed by atoms with Crippen molar-refractivity contribution in [2.24, 2.45) is 5.92 Å². The van der Waals surface area contributed by atoms with E-state index in [0.29, 0.717) is 24.7 Å². The van der Waals surface area contributed by atoms with Gasteiger partial charge in [-0.15, -0.1) is 0 Å². The highest BCUT2D eigenvalue weighted by Gasteiger charge is 2.32. The lowest BCUT2D eigenvalue weighted by Gasteiger charge is -2.28. The van der Waals surface area contributed by atoms with Gasteiger partial charge in [0.2, 0.25) is 5.91 Å². The van der Waals surface area contributed by atoms with Crippen LogP contribution < -0.4 is 4.31 Å². The second-order valence-corrected chi connectivity index (χ2v) is 11.7. The zero-order valence-corrected chi connectivity index (χ0v) is 20.8. The topological polar surface area (TPSA) is 70.6 Å². The smallest absolute Gasteiger partial charge is 0.264 e. The molecule has 0 spiro atoms. The van der Waals surface area contributed by atoms with Crippen LogP contribution in [0.25, 0.3) is 0 Å². The molecule has 2 aromatic rings. The average molecular weight is 478 g/mol. The lowest BCUT2D eigenvalue weighted by molar-refractivity contribution is -0.129. The summed E-state index contributed by atoms with van der Waals surface area (Å²) in [5.74, 6) is 0.321. The first-order chi connectivity index (χ1) is 15.0. The van der Waals surface area contributed by atoms with E-state index >= 15 is 0 Å². The summed E-state index contributed by atoms with van der Waals surface area (Å²) in [6, 6.07) is 9.96. The van der Waals surface area contributed by atoms with E-state index in [1.807, 2.05) is 19.1 Å². The molecule has 0 saturated heterocycles. The molecule has 8 heteroatoms. The van der Waals surface area contributed by atoms with Crippen molar-refractivity contribution in [1.29, 1.82) is 0 Å². The number of hydrogen-bond acceptors (Lipinski definition) is 4. The fourth-order valence-corrected chi connectivity index (χ4v) is 5.02. The summed E-state index contributed by atoms with van der Waals surface area (Å²) in [5, 5.41) is 0.258. The van der Waals surface area contributed by atoms with Crippen LogP contribution in [0.5, 0.6) is 0 Å². The molecular weight excluding hydrogens is 446 g/mol. The molecule has 1 saturated carbocycles. The lowest BCUT2D eigenvalue weighted by atomic mass is 9.87. The first-order valence-corrected chi connectivity index (χ1v) is 12.9. The molecule has 0 N–H and O–H groups in total. The molecule has 0 atom stereocenters. The van der Waals surface area contributed by atoms with Crippen LogP contribution in [0.3, 0.4) is 0 Å². The predicted octanol–water partition coefficient (Wildman–Crippen LogP) is 4.88. The Morgan fingerprint density at radius 2 is 1.78 bits per heavy atom. The van der Waals surface area contributed by atoms with Crippen LogP contribution in [-0.4, -0.2) is 43.8 Å². The van der Waals surface area contributed by atoms with Gasteiger partial charge in [-0.3, -0.25) is 9.10 Å². The molecule has 3 rings (SSSR count). The molecule has 0 radical (unpaired) electrons. The van der Waals surface area contributed by atoms with Gasteiger partial charge in [0, 0.05) is 13.1 Å². The number of halogens is 1. The largest absolute Gasteiger partial charge is 0.341 e. The summed E-state index contributed by atoms with van der Waals surface area (Å²) in [4.78, 5) is 19.1. The van der Waals surface area contributed by atoms with Crippen molar-refractivity contribution in [2.75, 3.05) is 23.9 Å². The van der Waals surface area contributed by atoms with E-state index < -0.39 is 10.0 Å². The monoisotopic (exact) mass is 477 g/mol. The number of anilines is 1. The van der Waals surface area contributed by atoms with Gasteiger partial charge in [0.25, 0.3) is 10.0 Å². The zero-order valence-electron chi connectivity index (χ0n) is 19.2. The molecule has 1 heterocycles. The molecule has 32 heavy (non-hydrogen) atoms. The molecule has 1 fully saturated rings. The number of carbonyl (C=O) groups excluding carboxylic acids is 1. The second kappa shape index (κ2) is 9.79. The summed E-state index contributed by atoms with van der Waals surface area (Å²) < 4.78 is 28.4. The molecular formula is C24H32ClN3O3S. The first kappa shape index (κ1) is 24.5. The van der Waals surface area contributed by atoms with E-state index in [0.717, 1.165) is 29.1 Å². The van der Waals surface area contributed by atoms with E-state index in [1.165, 1.54) is 12.3 Å². The van der Waals surface area contributed by atoms with Gasteiger partial charge in [0.15, 0.2) is 0 Å². The predicted molar refractivity (Wildman–Crippen MR) is 129 cm³/mol. The highest BCUT2D eigenvalue weighted by atomic mass is 35.5. The van der Waals surface area contributed by atoms with Crippen molar-refractivity contribution >= 4 is 33.2 Å². The van der Waals surface area contributed by atoms with Crippen LogP contribution in [0.4, 0.5) is 5.69 Å². The van der Waals surface area contributed by atoms with Crippen LogP contribution in [0.2, 0.25) is 5.15 Å². The third kappa shape index (κ3) is 6.01. The van der Waals surface area contributed by atoms with E-state index in [2.05, 4.69) is 25.8 Å². The lowest BCUT2D eigenvalue weighted by Crippen LogP contribution is -2.44. The van der Waals surface area contributed by atoms with Gasteiger partial charge in [0.05, 0.1) is 16.8 Å². The minimum Gasteiger partial charge on any atom is -0.341 e. The molecule has 0 bridgehead atoms. The van der Waals surface area contributed by atoms with E-state index in [9.17, 15) is 13.2 Å². The standard InChI is InChI=1S/C24H32ClN3O3S/c1-5-14-27(16-18-6-7-18)23(29)17-28(20-10-13-22(25)26-15-20)32(30,31)21-11-8-19(9-12-21)24(2,3)4/h8-13,15,18H,5-7,14,16-17H2,1-4H3. The third-order valence-electron chi connectivity index (χ3n) is 5.61. The quantitative estimate of drug-likeness (QED) is 0.483. The highest BCUT2D eigenvalue weighted by Crippen LogP contribution is 2.31. The summed E-state index contributed by atoms with van der Waals surface area (Å²) in [7, 11) is -3.98. The Morgan fingerprint density at radius 3 is 2.28 bits per heavy atom. The van der Waals surface area contributed by atoms with Gasteiger partial charge in [0.1, 0.15) is 11.7 Å². The van der Waals surface area contributed by atoms with E-state index in [4.69, 9.17) is 11.6 Å². The molecule has 174 valence electrons. The zero-order chi connectivity index (χ0) is 23.5. The van der Waals surface area contributed by atoms with Crippen LogP contribution in [0.15, 0.2) is 47.5 Å². The molecule has 0 unspecified atom stereocenters. The molecule has 6 nitrogen and oxygen atoms in total. The number of carbonyl (C=O) groups is 1. The normalized spacial score (nSPS) is 14.3. The second-order valence-electron chi connectivity index (χ2n) is 9.41. The Hall–Kier alpha value is -2.12. The Labute approximate surface area is 196 Å². The summed E-state index contributed by atoms with van der Waals surface area (Å²) in [6.07, 6.45) is 4.46. The Kier molecular flexibility index (Phi) is 7.50. The van der Waals surface area contributed by atoms with Crippen molar-refractivity contribution in [1.82, 2.24) is 9.88 Å². The molecule has 1 aliphatic carbocycles. The van der Waals surface area contributed by atoms with Crippen LogP contribution >= 0.6 is 11.6 Å². The van der Waals surface area contributed by atoms with Gasteiger partial charge < -0.3 is 4.90 Å². The Balaban J connectivity index is 1.94.